The maximum atomic E-state index is 12.7. The molecule has 0 saturated heterocycles. The first-order chi connectivity index (χ1) is 18.4. The fourth-order valence-electron chi connectivity index (χ4n) is 3.07. The average molecular weight is 559 g/mol. The van der Waals surface area contributed by atoms with Crippen molar-refractivity contribution in [1.82, 2.24) is 14.9 Å². The molecule has 39 heavy (non-hydrogen) atoms. The smallest absolute Gasteiger partial charge is 0.481 e. The Hall–Kier alpha value is -4.34. The number of aromatic nitrogens is 2. The van der Waals surface area contributed by atoms with Gasteiger partial charge in [0.2, 0.25) is 5.82 Å². The molecule has 1 aromatic heterocycles. The molecule has 1 heterocycles. The molecule has 0 bridgehead atoms. The van der Waals surface area contributed by atoms with Crippen molar-refractivity contribution < 1.29 is 46.9 Å². The zero-order valence-corrected chi connectivity index (χ0v) is 20.9. The van der Waals surface area contributed by atoms with Crippen LogP contribution in [-0.2, 0) is 20.9 Å². The van der Waals surface area contributed by atoms with Gasteiger partial charge in [-0.25, -0.2) is 9.78 Å². The molecule has 3 amide bonds. The number of carbonyl (C=O) groups excluding carboxylic acids is 3. The summed E-state index contributed by atoms with van der Waals surface area (Å²) in [5, 5.41) is 16.1. The molecule has 0 saturated carbocycles. The molecule has 16 heteroatoms. The number of esters is 1. The van der Waals surface area contributed by atoms with E-state index in [4.69, 9.17) is 15.6 Å². The van der Waals surface area contributed by atoms with E-state index in [1.54, 1.807) is 0 Å². The van der Waals surface area contributed by atoms with E-state index in [1.165, 1.54) is 22.9 Å². The van der Waals surface area contributed by atoms with E-state index in [-0.39, 0.29) is 43.3 Å². The summed E-state index contributed by atoms with van der Waals surface area (Å²) in [5.41, 5.74) is 5.74. The predicted octanol–water partition coefficient (Wildman–Crippen LogP) is 2.69. The second kappa shape index (κ2) is 14.6. The minimum atomic E-state index is -4.84. The number of alkyl halides is 3. The topological polar surface area (TPSA) is 187 Å². The number of ether oxygens (including phenoxy) is 2. The molecular weight excluding hydrogens is 529 g/mol. The highest BCUT2D eigenvalue weighted by molar-refractivity contribution is 5.99. The fraction of sp³-hybridized carbons (Fsp3) is 0.435. The van der Waals surface area contributed by atoms with Crippen molar-refractivity contribution in [3.05, 3.63) is 36.3 Å². The fourth-order valence-corrected chi connectivity index (χ4v) is 3.07. The van der Waals surface area contributed by atoms with Crippen LogP contribution in [0.1, 0.15) is 43.2 Å². The molecule has 214 valence electrons. The van der Waals surface area contributed by atoms with E-state index < -0.39 is 42.0 Å². The largest absolute Gasteiger partial charge is 0.573 e. The number of carboxylic acid groups (broad SMARTS) is 1. The molecule has 0 spiro atoms. The number of imidazole rings is 1. The maximum Gasteiger partial charge on any atom is 0.573 e. The van der Waals surface area contributed by atoms with Gasteiger partial charge in [0.1, 0.15) is 18.4 Å². The van der Waals surface area contributed by atoms with Crippen LogP contribution in [0.2, 0.25) is 0 Å². The van der Waals surface area contributed by atoms with Gasteiger partial charge in [-0.1, -0.05) is 13.3 Å². The normalized spacial score (nSPS) is 11.8. The number of carboxylic acids is 1. The Morgan fingerprint density at radius 3 is 2.46 bits per heavy atom. The SMILES string of the molecule is CCCCn1cc(NC(=O)Nc2ccc(OC(F)(F)F)cc2)nc1C(=O)NCCOC(=O)[C@@H](N)CCC(=O)O. The lowest BCUT2D eigenvalue weighted by Gasteiger charge is -2.11. The van der Waals surface area contributed by atoms with Gasteiger partial charge in [0.15, 0.2) is 5.82 Å². The number of nitrogens with two attached hydrogens (primary N) is 1. The van der Waals surface area contributed by atoms with Crippen molar-refractivity contribution >= 4 is 35.4 Å². The molecule has 0 aliphatic rings. The Labute approximate surface area is 220 Å². The van der Waals surface area contributed by atoms with Gasteiger partial charge in [0.25, 0.3) is 5.91 Å². The highest BCUT2D eigenvalue weighted by Gasteiger charge is 2.31. The van der Waals surface area contributed by atoms with Crippen LogP contribution in [0.4, 0.5) is 29.5 Å². The first-order valence-electron chi connectivity index (χ1n) is 11.8. The second-order valence-corrected chi connectivity index (χ2v) is 8.11. The third kappa shape index (κ3) is 11.3. The Balaban J connectivity index is 1.92. The van der Waals surface area contributed by atoms with Crippen LogP contribution < -0.4 is 26.4 Å². The van der Waals surface area contributed by atoms with Crippen LogP contribution >= 0.6 is 0 Å². The van der Waals surface area contributed by atoms with Crippen molar-refractivity contribution in [2.45, 2.75) is 51.6 Å². The van der Waals surface area contributed by atoms with Crippen molar-refractivity contribution in [2.75, 3.05) is 23.8 Å². The van der Waals surface area contributed by atoms with E-state index in [0.717, 1.165) is 18.6 Å². The van der Waals surface area contributed by atoms with Crippen LogP contribution in [0.25, 0.3) is 0 Å². The number of aliphatic carboxylic acids is 1. The summed E-state index contributed by atoms with van der Waals surface area (Å²) < 4.78 is 47.1. The number of nitrogens with one attached hydrogen (secondary N) is 3. The van der Waals surface area contributed by atoms with Crippen LogP contribution in [0.3, 0.4) is 0 Å². The quantitative estimate of drug-likeness (QED) is 0.172. The molecule has 0 unspecified atom stereocenters. The van der Waals surface area contributed by atoms with Crippen molar-refractivity contribution in [1.29, 1.82) is 0 Å². The standard InChI is InChI=1S/C23H29F3N6O7/c1-2-3-11-32-13-17(31-22(37)29-14-4-6-15(7-5-14)39-23(24,25)26)30-19(32)20(35)28-10-12-38-21(36)16(27)8-9-18(33)34/h4-7,13,16H,2-3,8-12,27H2,1H3,(H,28,35)(H,33,34)(H2,29,31,37)/t16-/m0/s1. The number of aryl methyl sites for hydroxylation is 1. The van der Waals surface area contributed by atoms with Crippen LogP contribution in [0.15, 0.2) is 30.5 Å². The van der Waals surface area contributed by atoms with Gasteiger partial charge in [-0.3, -0.25) is 19.7 Å². The lowest BCUT2D eigenvalue weighted by atomic mass is 10.2. The molecule has 13 nitrogen and oxygen atoms in total. The second-order valence-electron chi connectivity index (χ2n) is 8.11. The number of halogens is 3. The first kappa shape index (κ1) is 30.9. The van der Waals surface area contributed by atoms with Gasteiger partial charge in [0.05, 0.1) is 6.54 Å². The molecule has 1 aromatic carbocycles. The average Bonchev–Trinajstić information content (AvgIpc) is 3.26. The number of unbranched alkanes of at least 4 members (excludes halogenated alkanes) is 1. The monoisotopic (exact) mass is 558 g/mol. The van der Waals surface area contributed by atoms with Gasteiger partial charge in [-0.05, 0) is 37.1 Å². The number of carbonyl (C=O) groups is 4. The summed E-state index contributed by atoms with van der Waals surface area (Å²) in [4.78, 5) is 51.5. The maximum absolute atomic E-state index is 12.7. The Morgan fingerprint density at radius 2 is 1.85 bits per heavy atom. The number of rotatable bonds is 14. The number of hydrogen-bond acceptors (Lipinski definition) is 8. The Kier molecular flexibility index (Phi) is 11.5. The molecule has 2 aromatic rings. The number of amides is 3. The molecule has 2 rings (SSSR count). The summed E-state index contributed by atoms with van der Waals surface area (Å²) in [6.45, 7) is 2.09. The molecule has 0 aliphatic carbocycles. The van der Waals surface area contributed by atoms with E-state index in [0.29, 0.717) is 13.0 Å². The third-order valence-electron chi connectivity index (χ3n) is 4.92. The highest BCUT2D eigenvalue weighted by Crippen LogP contribution is 2.24. The molecule has 6 N–H and O–H groups in total. The molecule has 1 atom stereocenters. The predicted molar refractivity (Wildman–Crippen MR) is 131 cm³/mol. The van der Waals surface area contributed by atoms with E-state index in [2.05, 4.69) is 25.7 Å². The molecule has 0 radical (unpaired) electrons. The lowest BCUT2D eigenvalue weighted by molar-refractivity contribution is -0.274. The summed E-state index contributed by atoms with van der Waals surface area (Å²) in [5.74, 6) is -2.92. The zero-order chi connectivity index (χ0) is 29.0. The third-order valence-corrected chi connectivity index (χ3v) is 4.92. The van der Waals surface area contributed by atoms with E-state index in [9.17, 15) is 32.3 Å². The summed E-state index contributed by atoms with van der Waals surface area (Å²) in [6, 6.07) is 2.64. The zero-order valence-electron chi connectivity index (χ0n) is 20.9. The lowest BCUT2D eigenvalue weighted by Crippen LogP contribution is -2.35. The number of anilines is 2. The summed E-state index contributed by atoms with van der Waals surface area (Å²) in [7, 11) is 0. The van der Waals surface area contributed by atoms with Gasteiger partial charge in [-0.15, -0.1) is 13.2 Å². The van der Waals surface area contributed by atoms with Gasteiger partial charge >= 0.3 is 24.3 Å². The van der Waals surface area contributed by atoms with Gasteiger partial charge in [0, 0.05) is 24.8 Å². The van der Waals surface area contributed by atoms with E-state index >= 15 is 0 Å². The number of benzene rings is 1. The number of urea groups is 1. The van der Waals surface area contributed by atoms with Crippen molar-refractivity contribution in [3.63, 3.8) is 0 Å². The molecule has 0 aliphatic heterocycles. The number of nitrogens with zero attached hydrogens (tertiary/aromatic N) is 2. The Morgan fingerprint density at radius 1 is 1.15 bits per heavy atom. The van der Waals surface area contributed by atoms with Crippen LogP contribution in [-0.4, -0.2) is 64.1 Å². The van der Waals surface area contributed by atoms with Gasteiger partial charge in [-0.2, -0.15) is 0 Å². The van der Waals surface area contributed by atoms with Crippen molar-refractivity contribution in [3.8, 4) is 5.75 Å². The number of hydrogen-bond donors (Lipinski definition) is 5. The molecule has 0 fully saturated rings. The minimum Gasteiger partial charge on any atom is -0.481 e. The summed E-state index contributed by atoms with van der Waals surface area (Å²) in [6.07, 6.45) is -2.24. The minimum absolute atomic E-state index is 0.0168. The molecular formula is C23H29F3N6O7. The van der Waals surface area contributed by atoms with Crippen LogP contribution in [0, 0.1) is 0 Å². The highest BCUT2D eigenvalue weighted by atomic mass is 19.4. The summed E-state index contributed by atoms with van der Waals surface area (Å²) >= 11 is 0. The Bertz CT molecular complexity index is 1140. The van der Waals surface area contributed by atoms with Crippen LogP contribution in [0.5, 0.6) is 5.75 Å². The first-order valence-corrected chi connectivity index (χ1v) is 11.8. The van der Waals surface area contributed by atoms with Gasteiger partial charge < -0.3 is 35.5 Å². The van der Waals surface area contributed by atoms with E-state index in [1.807, 2.05) is 6.92 Å². The van der Waals surface area contributed by atoms with Crippen molar-refractivity contribution in [2.24, 2.45) is 5.73 Å².